The zero-order valence-corrected chi connectivity index (χ0v) is 11.5. The number of anilines is 1. The van der Waals surface area contributed by atoms with Crippen molar-refractivity contribution in [3.8, 4) is 0 Å². The fourth-order valence-electron chi connectivity index (χ4n) is 2.17. The number of hydrogen-bond acceptors (Lipinski definition) is 3. The highest BCUT2D eigenvalue weighted by Gasteiger charge is 2.11. The zero-order chi connectivity index (χ0) is 14.8. The van der Waals surface area contributed by atoms with Crippen LogP contribution >= 0.6 is 0 Å². The van der Waals surface area contributed by atoms with Crippen LogP contribution in [0.5, 0.6) is 0 Å². The number of rotatable bonds is 2. The number of benzene rings is 2. The molecule has 0 spiro atoms. The minimum absolute atomic E-state index is 0.140. The molecule has 0 saturated carbocycles. The van der Waals surface area contributed by atoms with Gasteiger partial charge in [-0.15, -0.1) is 0 Å². The van der Waals surface area contributed by atoms with Crippen LogP contribution in [0, 0.1) is 12.3 Å². The number of carbonyl (C=O) groups excluding carboxylic acids is 1. The Bertz CT molecular complexity index is 881. The minimum Gasteiger partial charge on any atom is -0.438 e. The molecular weight excluding hydrogens is 264 g/mol. The molecule has 104 valence electrons. The monoisotopic (exact) mass is 278 g/mol. The molecular formula is C17H14N2O2. The summed E-state index contributed by atoms with van der Waals surface area (Å²) in [5, 5.41) is 11.4. The van der Waals surface area contributed by atoms with Gasteiger partial charge in [-0.2, -0.15) is 0 Å². The molecule has 1 aromatic heterocycles. The second-order valence-electron chi connectivity index (χ2n) is 4.85. The highest BCUT2D eigenvalue weighted by Crippen LogP contribution is 2.14. The number of hydrogen-bond donors (Lipinski definition) is 2. The minimum atomic E-state index is -0.347. The van der Waals surface area contributed by atoms with Crippen molar-refractivity contribution in [2.45, 2.75) is 6.92 Å². The first-order valence-corrected chi connectivity index (χ1v) is 6.59. The molecule has 3 rings (SSSR count). The molecule has 1 amide bonds. The van der Waals surface area contributed by atoms with E-state index in [2.05, 4.69) is 5.32 Å². The van der Waals surface area contributed by atoms with Crippen molar-refractivity contribution in [3.05, 3.63) is 71.3 Å². The van der Waals surface area contributed by atoms with E-state index in [1.165, 1.54) is 0 Å². The fraction of sp³-hybridized carbons (Fsp3) is 0.0588. The maximum Gasteiger partial charge on any atom is 0.261 e. The molecule has 0 radical (unpaired) electrons. The van der Waals surface area contributed by atoms with E-state index in [0.29, 0.717) is 11.3 Å². The fourth-order valence-corrected chi connectivity index (χ4v) is 2.17. The summed E-state index contributed by atoms with van der Waals surface area (Å²) < 4.78 is 5.38. The molecule has 21 heavy (non-hydrogen) atoms. The first-order valence-electron chi connectivity index (χ1n) is 6.59. The van der Waals surface area contributed by atoms with Crippen LogP contribution in [-0.4, -0.2) is 5.91 Å². The Morgan fingerprint density at radius 1 is 1.10 bits per heavy atom. The third-order valence-electron chi connectivity index (χ3n) is 3.20. The van der Waals surface area contributed by atoms with Crippen LogP contribution in [0.15, 0.2) is 59.0 Å². The number of amides is 1. The highest BCUT2D eigenvalue weighted by molar-refractivity contribution is 6.05. The van der Waals surface area contributed by atoms with Gasteiger partial charge in [-0.3, -0.25) is 10.2 Å². The lowest BCUT2D eigenvalue weighted by molar-refractivity contribution is 0.102. The smallest absolute Gasteiger partial charge is 0.261 e. The summed E-state index contributed by atoms with van der Waals surface area (Å²) >= 11 is 0. The summed E-state index contributed by atoms with van der Waals surface area (Å²) in [5.74, 6) is -0.347. The molecule has 0 aliphatic rings. The molecule has 0 unspecified atom stereocenters. The summed E-state index contributed by atoms with van der Waals surface area (Å²) in [6.07, 6.45) is 0. The number of carbonyl (C=O) groups is 1. The van der Waals surface area contributed by atoms with Gasteiger partial charge in [0.05, 0.1) is 0 Å². The predicted molar refractivity (Wildman–Crippen MR) is 81.2 cm³/mol. The van der Waals surface area contributed by atoms with Crippen LogP contribution in [0.1, 0.15) is 15.9 Å². The van der Waals surface area contributed by atoms with Gasteiger partial charge in [0.1, 0.15) is 11.1 Å². The normalized spacial score (nSPS) is 10.5. The summed E-state index contributed by atoms with van der Waals surface area (Å²) in [5.41, 5.74) is 2.43. The molecule has 0 aliphatic heterocycles. The SMILES string of the molecule is Cc1cccc(NC(=O)c2cc3ccccc3oc2=N)c1. The second kappa shape index (κ2) is 5.25. The quantitative estimate of drug-likeness (QED) is 0.753. The summed E-state index contributed by atoms with van der Waals surface area (Å²) in [7, 11) is 0. The molecule has 2 N–H and O–H groups in total. The molecule has 2 aromatic carbocycles. The summed E-state index contributed by atoms with van der Waals surface area (Å²) in [6, 6.07) is 16.5. The molecule has 0 saturated heterocycles. The molecule has 3 aromatic rings. The van der Waals surface area contributed by atoms with E-state index < -0.39 is 0 Å². The van der Waals surface area contributed by atoms with Gasteiger partial charge in [0.2, 0.25) is 5.55 Å². The average molecular weight is 278 g/mol. The van der Waals surface area contributed by atoms with Crippen molar-refractivity contribution in [1.29, 1.82) is 5.41 Å². The van der Waals surface area contributed by atoms with E-state index in [-0.39, 0.29) is 17.0 Å². The average Bonchev–Trinajstić information content (AvgIpc) is 2.46. The van der Waals surface area contributed by atoms with Crippen LogP contribution in [0.4, 0.5) is 5.69 Å². The van der Waals surface area contributed by atoms with E-state index in [4.69, 9.17) is 9.83 Å². The lowest BCUT2D eigenvalue weighted by Crippen LogP contribution is -2.20. The molecule has 4 heteroatoms. The Kier molecular flexibility index (Phi) is 3.28. The van der Waals surface area contributed by atoms with Gasteiger partial charge < -0.3 is 9.73 Å². The third kappa shape index (κ3) is 2.69. The standard InChI is InChI=1S/C17H14N2O2/c1-11-5-4-7-13(9-11)19-17(20)14-10-12-6-2-3-8-15(12)21-16(14)18/h2-10,18H,1H3,(H,19,20). The predicted octanol–water partition coefficient (Wildman–Crippen LogP) is 3.47. The van der Waals surface area contributed by atoms with E-state index in [9.17, 15) is 4.79 Å². The Labute approximate surface area is 121 Å². The van der Waals surface area contributed by atoms with Crippen molar-refractivity contribution in [3.63, 3.8) is 0 Å². The van der Waals surface area contributed by atoms with Crippen LogP contribution in [0.2, 0.25) is 0 Å². The maximum atomic E-state index is 12.3. The Balaban J connectivity index is 1.98. The van der Waals surface area contributed by atoms with Crippen molar-refractivity contribution < 1.29 is 9.21 Å². The van der Waals surface area contributed by atoms with Crippen LogP contribution in [0.3, 0.4) is 0 Å². The lowest BCUT2D eigenvalue weighted by Gasteiger charge is -2.06. The van der Waals surface area contributed by atoms with Gasteiger partial charge in [-0.25, -0.2) is 0 Å². The first kappa shape index (κ1) is 13.1. The largest absolute Gasteiger partial charge is 0.438 e. The molecule has 0 bridgehead atoms. The van der Waals surface area contributed by atoms with E-state index in [0.717, 1.165) is 10.9 Å². The third-order valence-corrected chi connectivity index (χ3v) is 3.20. The second-order valence-corrected chi connectivity index (χ2v) is 4.85. The molecule has 0 atom stereocenters. The number of fused-ring (bicyclic) bond motifs is 1. The van der Waals surface area contributed by atoms with Gasteiger partial charge in [0.15, 0.2) is 0 Å². The van der Waals surface area contributed by atoms with Gasteiger partial charge in [-0.05, 0) is 36.8 Å². The van der Waals surface area contributed by atoms with Crippen LogP contribution in [0.25, 0.3) is 11.0 Å². The first-order chi connectivity index (χ1) is 10.1. The Morgan fingerprint density at radius 2 is 1.90 bits per heavy atom. The van der Waals surface area contributed by atoms with E-state index in [1.54, 1.807) is 12.1 Å². The lowest BCUT2D eigenvalue weighted by atomic mass is 10.1. The van der Waals surface area contributed by atoms with Crippen LogP contribution in [-0.2, 0) is 0 Å². The Hall–Kier alpha value is -2.88. The topological polar surface area (TPSA) is 66.1 Å². The van der Waals surface area contributed by atoms with Gasteiger partial charge in [-0.1, -0.05) is 30.3 Å². The van der Waals surface area contributed by atoms with Crippen LogP contribution < -0.4 is 10.9 Å². The van der Waals surface area contributed by atoms with Crippen molar-refractivity contribution in [2.75, 3.05) is 5.32 Å². The summed E-state index contributed by atoms with van der Waals surface area (Å²) in [4.78, 5) is 12.3. The molecule has 0 fully saturated rings. The van der Waals surface area contributed by atoms with Gasteiger partial charge >= 0.3 is 0 Å². The van der Waals surface area contributed by atoms with Gasteiger partial charge in [0.25, 0.3) is 5.91 Å². The van der Waals surface area contributed by atoms with Gasteiger partial charge in [0, 0.05) is 11.1 Å². The zero-order valence-electron chi connectivity index (χ0n) is 11.5. The maximum absolute atomic E-state index is 12.3. The van der Waals surface area contributed by atoms with E-state index >= 15 is 0 Å². The highest BCUT2D eigenvalue weighted by atomic mass is 16.3. The van der Waals surface area contributed by atoms with Crippen molar-refractivity contribution in [1.82, 2.24) is 0 Å². The van der Waals surface area contributed by atoms with Crippen molar-refractivity contribution in [2.24, 2.45) is 0 Å². The molecule has 1 heterocycles. The number of aryl methyl sites for hydroxylation is 1. The van der Waals surface area contributed by atoms with Crippen molar-refractivity contribution >= 4 is 22.6 Å². The molecule has 4 nitrogen and oxygen atoms in total. The van der Waals surface area contributed by atoms with E-state index in [1.807, 2.05) is 49.4 Å². The molecule has 0 aliphatic carbocycles. The number of nitrogens with one attached hydrogen (secondary N) is 2. The number of para-hydroxylation sites is 1. The summed E-state index contributed by atoms with van der Waals surface area (Å²) in [6.45, 7) is 1.96. The Morgan fingerprint density at radius 3 is 2.71 bits per heavy atom.